The van der Waals surface area contributed by atoms with E-state index >= 15 is 0 Å². The topological polar surface area (TPSA) is 58.2 Å². The van der Waals surface area contributed by atoms with Crippen LogP contribution in [0, 0.1) is 0 Å². The molecule has 4 nitrogen and oxygen atoms in total. The van der Waals surface area contributed by atoms with Crippen molar-refractivity contribution in [3.8, 4) is 0 Å². The standard InChI is InChI=1S/C16H15ClN2O2/c1-11(20)18-14-6-3-7-15(9-14)19-16(21)13-5-2-4-12(8-13)10-17/h2-9H,10H2,1H3,(H,18,20)(H,19,21). The molecule has 0 heterocycles. The average Bonchev–Trinajstić information content (AvgIpc) is 2.47. The van der Waals surface area contributed by atoms with Crippen molar-refractivity contribution in [2.24, 2.45) is 0 Å². The van der Waals surface area contributed by atoms with E-state index in [4.69, 9.17) is 11.6 Å². The lowest BCUT2D eigenvalue weighted by Gasteiger charge is -2.08. The third-order valence-corrected chi connectivity index (χ3v) is 3.09. The highest BCUT2D eigenvalue weighted by atomic mass is 35.5. The first kappa shape index (κ1) is 15.1. The molecule has 0 saturated heterocycles. The van der Waals surface area contributed by atoms with Gasteiger partial charge in [-0.2, -0.15) is 0 Å². The average molecular weight is 303 g/mol. The molecule has 2 amide bonds. The maximum atomic E-state index is 12.2. The number of carbonyl (C=O) groups excluding carboxylic acids is 2. The lowest BCUT2D eigenvalue weighted by Crippen LogP contribution is -2.12. The molecule has 2 rings (SSSR count). The van der Waals surface area contributed by atoms with Gasteiger partial charge < -0.3 is 10.6 Å². The van der Waals surface area contributed by atoms with Gasteiger partial charge in [0, 0.05) is 29.7 Å². The number of rotatable bonds is 4. The molecule has 0 unspecified atom stereocenters. The molecule has 0 bridgehead atoms. The molecule has 0 saturated carbocycles. The Kier molecular flexibility index (Phi) is 4.95. The minimum atomic E-state index is -0.220. The summed E-state index contributed by atoms with van der Waals surface area (Å²) in [6.07, 6.45) is 0. The van der Waals surface area contributed by atoms with Gasteiger partial charge >= 0.3 is 0 Å². The van der Waals surface area contributed by atoms with Crippen molar-refractivity contribution in [1.29, 1.82) is 0 Å². The number of benzene rings is 2. The van der Waals surface area contributed by atoms with Crippen molar-refractivity contribution in [3.05, 3.63) is 59.7 Å². The largest absolute Gasteiger partial charge is 0.326 e. The van der Waals surface area contributed by atoms with Crippen LogP contribution in [-0.4, -0.2) is 11.8 Å². The van der Waals surface area contributed by atoms with Crippen LogP contribution in [0.25, 0.3) is 0 Å². The molecule has 108 valence electrons. The zero-order valence-electron chi connectivity index (χ0n) is 11.5. The molecule has 0 aliphatic rings. The zero-order chi connectivity index (χ0) is 15.2. The van der Waals surface area contributed by atoms with E-state index in [2.05, 4.69) is 10.6 Å². The molecule has 2 N–H and O–H groups in total. The Morgan fingerprint density at radius 1 is 1.00 bits per heavy atom. The predicted molar refractivity (Wildman–Crippen MR) is 84.7 cm³/mol. The number of amides is 2. The van der Waals surface area contributed by atoms with E-state index in [0.717, 1.165) is 5.56 Å². The van der Waals surface area contributed by atoms with Crippen molar-refractivity contribution in [2.45, 2.75) is 12.8 Å². The summed E-state index contributed by atoms with van der Waals surface area (Å²) in [7, 11) is 0. The Balaban J connectivity index is 2.13. The summed E-state index contributed by atoms with van der Waals surface area (Å²) < 4.78 is 0. The molecule has 0 spiro atoms. The summed E-state index contributed by atoms with van der Waals surface area (Å²) in [5.41, 5.74) is 2.67. The van der Waals surface area contributed by atoms with Crippen molar-refractivity contribution >= 4 is 34.8 Å². The Bertz CT molecular complexity index is 671. The number of carbonyl (C=O) groups is 2. The molecular weight excluding hydrogens is 288 g/mol. The SMILES string of the molecule is CC(=O)Nc1cccc(NC(=O)c2cccc(CCl)c2)c1. The van der Waals surface area contributed by atoms with Crippen LogP contribution in [-0.2, 0) is 10.7 Å². The minimum absolute atomic E-state index is 0.159. The van der Waals surface area contributed by atoms with Crippen LogP contribution in [0.2, 0.25) is 0 Å². The molecule has 2 aromatic carbocycles. The molecule has 0 aromatic heterocycles. The van der Waals surface area contributed by atoms with Gasteiger partial charge in [0.25, 0.3) is 5.91 Å². The predicted octanol–water partition coefficient (Wildman–Crippen LogP) is 3.64. The van der Waals surface area contributed by atoms with E-state index in [1.165, 1.54) is 6.92 Å². The fourth-order valence-corrected chi connectivity index (χ4v) is 2.04. The van der Waals surface area contributed by atoms with Gasteiger partial charge in [0.2, 0.25) is 5.91 Å². The number of alkyl halides is 1. The highest BCUT2D eigenvalue weighted by Crippen LogP contribution is 2.16. The first-order valence-electron chi connectivity index (χ1n) is 6.42. The first-order chi connectivity index (χ1) is 10.1. The van der Waals surface area contributed by atoms with E-state index in [9.17, 15) is 9.59 Å². The summed E-state index contributed by atoms with van der Waals surface area (Å²) in [6.45, 7) is 1.43. The van der Waals surface area contributed by atoms with E-state index in [0.29, 0.717) is 22.8 Å². The van der Waals surface area contributed by atoms with Gasteiger partial charge in [0.05, 0.1) is 0 Å². The highest BCUT2D eigenvalue weighted by molar-refractivity contribution is 6.17. The van der Waals surface area contributed by atoms with Gasteiger partial charge in [-0.1, -0.05) is 18.2 Å². The quantitative estimate of drug-likeness (QED) is 0.847. The number of nitrogens with one attached hydrogen (secondary N) is 2. The third kappa shape index (κ3) is 4.33. The summed E-state index contributed by atoms with van der Waals surface area (Å²) in [5, 5.41) is 5.46. The summed E-state index contributed by atoms with van der Waals surface area (Å²) in [5.74, 6) is -0.0192. The van der Waals surface area contributed by atoms with Gasteiger partial charge in [-0.3, -0.25) is 9.59 Å². The second kappa shape index (κ2) is 6.90. The lowest BCUT2D eigenvalue weighted by atomic mass is 10.1. The Labute approximate surface area is 128 Å². The fraction of sp³-hybridized carbons (Fsp3) is 0.125. The fourth-order valence-electron chi connectivity index (χ4n) is 1.88. The minimum Gasteiger partial charge on any atom is -0.326 e. The van der Waals surface area contributed by atoms with E-state index in [1.54, 1.807) is 42.5 Å². The van der Waals surface area contributed by atoms with Crippen LogP contribution >= 0.6 is 11.6 Å². The van der Waals surface area contributed by atoms with Crippen molar-refractivity contribution in [2.75, 3.05) is 10.6 Å². The van der Waals surface area contributed by atoms with Gasteiger partial charge in [-0.15, -0.1) is 11.6 Å². The first-order valence-corrected chi connectivity index (χ1v) is 6.96. The molecule has 0 fully saturated rings. The molecule has 21 heavy (non-hydrogen) atoms. The van der Waals surface area contributed by atoms with Crippen LogP contribution in [0.1, 0.15) is 22.8 Å². The number of halogens is 1. The Morgan fingerprint density at radius 2 is 1.67 bits per heavy atom. The Morgan fingerprint density at radius 3 is 2.33 bits per heavy atom. The van der Waals surface area contributed by atoms with Crippen molar-refractivity contribution in [3.63, 3.8) is 0 Å². The summed E-state index contributed by atoms with van der Waals surface area (Å²) >= 11 is 5.76. The van der Waals surface area contributed by atoms with Crippen LogP contribution in [0.4, 0.5) is 11.4 Å². The second-order valence-corrected chi connectivity index (χ2v) is 4.82. The van der Waals surface area contributed by atoms with Crippen molar-refractivity contribution in [1.82, 2.24) is 0 Å². The molecule has 2 aromatic rings. The maximum Gasteiger partial charge on any atom is 0.255 e. The van der Waals surface area contributed by atoms with Crippen LogP contribution < -0.4 is 10.6 Å². The molecule has 0 radical (unpaired) electrons. The third-order valence-electron chi connectivity index (χ3n) is 2.78. The number of hydrogen-bond donors (Lipinski definition) is 2. The molecular formula is C16H15ClN2O2. The van der Waals surface area contributed by atoms with Gasteiger partial charge in [0.15, 0.2) is 0 Å². The van der Waals surface area contributed by atoms with E-state index in [1.807, 2.05) is 6.07 Å². The van der Waals surface area contributed by atoms with Crippen LogP contribution in [0.15, 0.2) is 48.5 Å². The summed E-state index contributed by atoms with van der Waals surface area (Å²) in [6, 6.07) is 14.1. The monoisotopic (exact) mass is 302 g/mol. The second-order valence-electron chi connectivity index (χ2n) is 4.55. The summed E-state index contributed by atoms with van der Waals surface area (Å²) in [4.78, 5) is 23.2. The van der Waals surface area contributed by atoms with Crippen LogP contribution in [0.5, 0.6) is 0 Å². The normalized spacial score (nSPS) is 10.0. The van der Waals surface area contributed by atoms with Crippen LogP contribution in [0.3, 0.4) is 0 Å². The smallest absolute Gasteiger partial charge is 0.255 e. The zero-order valence-corrected chi connectivity index (χ0v) is 12.3. The van der Waals surface area contributed by atoms with Gasteiger partial charge in [-0.05, 0) is 35.9 Å². The van der Waals surface area contributed by atoms with E-state index in [-0.39, 0.29) is 11.8 Å². The Hall–Kier alpha value is -2.33. The van der Waals surface area contributed by atoms with E-state index < -0.39 is 0 Å². The van der Waals surface area contributed by atoms with Gasteiger partial charge in [-0.25, -0.2) is 0 Å². The van der Waals surface area contributed by atoms with Crippen molar-refractivity contribution < 1.29 is 9.59 Å². The number of hydrogen-bond acceptors (Lipinski definition) is 2. The highest BCUT2D eigenvalue weighted by Gasteiger charge is 2.07. The number of anilines is 2. The van der Waals surface area contributed by atoms with Gasteiger partial charge in [0.1, 0.15) is 0 Å². The molecule has 5 heteroatoms. The molecule has 0 atom stereocenters. The molecule has 0 aliphatic heterocycles. The lowest BCUT2D eigenvalue weighted by molar-refractivity contribution is -0.114. The molecule has 0 aliphatic carbocycles. The maximum absolute atomic E-state index is 12.2.